The predicted molar refractivity (Wildman–Crippen MR) is 161 cm³/mol. The van der Waals surface area contributed by atoms with Crippen molar-refractivity contribution in [3.8, 4) is 12.8 Å². The Bertz CT molecular complexity index is 1140. The lowest BCUT2D eigenvalue weighted by Gasteiger charge is -2.27. The van der Waals surface area contributed by atoms with Crippen LogP contribution in [0.2, 0.25) is 0 Å². The number of nitrogens with zero attached hydrogens (tertiary/aromatic N) is 2. The number of nitrogens with one attached hydrogen (secondary N) is 2. The molecule has 0 aliphatic rings. The van der Waals surface area contributed by atoms with E-state index < -0.39 is 0 Å². The molecule has 2 rings (SSSR count). The van der Waals surface area contributed by atoms with Crippen LogP contribution in [0.5, 0.6) is 0 Å². The van der Waals surface area contributed by atoms with E-state index >= 15 is 0 Å². The molecular weight excluding hydrogens is 508 g/mol. The molecule has 0 spiro atoms. The first kappa shape index (κ1) is 36.2. The molecule has 0 aliphatic carbocycles. The van der Waals surface area contributed by atoms with Gasteiger partial charge in [-0.05, 0) is 50.4 Å². The van der Waals surface area contributed by atoms with Gasteiger partial charge >= 0.3 is 0 Å². The molecule has 0 saturated heterocycles. The molecule has 0 saturated carbocycles. The van der Waals surface area contributed by atoms with Gasteiger partial charge in [0.1, 0.15) is 6.29 Å². The third kappa shape index (κ3) is 13.3. The maximum Gasteiger partial charge on any atom is 0.243 e. The highest BCUT2D eigenvalue weighted by Gasteiger charge is 2.21. The first-order chi connectivity index (χ1) is 19.1. The smallest absolute Gasteiger partial charge is 0.243 e. The lowest BCUT2D eigenvalue weighted by Crippen LogP contribution is -2.33. The van der Waals surface area contributed by atoms with E-state index in [0.29, 0.717) is 23.2 Å². The fraction of sp³-hybridized carbons (Fsp3) is 0.419. The van der Waals surface area contributed by atoms with Crippen molar-refractivity contribution in [2.75, 3.05) is 31.6 Å². The van der Waals surface area contributed by atoms with Crippen molar-refractivity contribution in [3.63, 3.8) is 0 Å². The Labute approximate surface area is 238 Å². The number of amides is 2. The number of aliphatic hydroxyl groups is 1. The molecule has 1 atom stereocenters. The van der Waals surface area contributed by atoms with Gasteiger partial charge in [-0.25, -0.2) is 5.48 Å². The van der Waals surface area contributed by atoms with Gasteiger partial charge < -0.3 is 15.3 Å². The predicted octanol–water partition coefficient (Wildman–Crippen LogP) is 4.05. The molecule has 1 unspecified atom stereocenters. The molecule has 0 bridgehead atoms. The number of aromatic nitrogens is 1. The van der Waals surface area contributed by atoms with E-state index in [1.165, 1.54) is 4.90 Å². The van der Waals surface area contributed by atoms with Crippen molar-refractivity contribution >= 4 is 34.7 Å². The van der Waals surface area contributed by atoms with Crippen LogP contribution in [-0.4, -0.2) is 60.1 Å². The highest BCUT2D eigenvalue weighted by molar-refractivity contribution is 6.02. The van der Waals surface area contributed by atoms with Crippen molar-refractivity contribution < 1.29 is 24.7 Å². The van der Waals surface area contributed by atoms with Crippen molar-refractivity contribution in [1.82, 2.24) is 15.8 Å². The minimum absolute atomic E-state index is 0.133. The second-order valence-electron chi connectivity index (χ2n) is 9.88. The fourth-order valence-electron chi connectivity index (χ4n) is 4.32. The Balaban J connectivity index is 0.000000815. The average Bonchev–Trinajstić information content (AvgIpc) is 2.94. The quantitative estimate of drug-likeness (QED) is 0.0736. The molecule has 9 heteroatoms. The Morgan fingerprint density at radius 1 is 1.20 bits per heavy atom. The number of terminal acetylenes is 1. The number of carbonyl (C=O) groups excluding carboxylic acids is 3. The third-order valence-electron chi connectivity index (χ3n) is 5.81. The average molecular weight is 553 g/mol. The molecule has 2 aromatic rings. The number of aldehydes is 1. The number of hydrogen-bond acceptors (Lipinski definition) is 7. The summed E-state index contributed by atoms with van der Waals surface area (Å²) in [4.78, 5) is 40.1. The number of benzene rings is 1. The normalized spacial score (nSPS) is 12.0. The summed E-state index contributed by atoms with van der Waals surface area (Å²) >= 11 is 0. The number of aliphatic hydroxyl groups excluding tert-OH is 1. The van der Waals surface area contributed by atoms with E-state index in [-0.39, 0.29) is 42.7 Å². The van der Waals surface area contributed by atoms with E-state index in [2.05, 4.69) is 37.0 Å². The van der Waals surface area contributed by atoms with E-state index in [0.717, 1.165) is 24.6 Å². The number of rotatable bonds is 13. The zero-order valence-corrected chi connectivity index (χ0v) is 24.3. The number of allylic oxidation sites excluding steroid dienone is 3. The van der Waals surface area contributed by atoms with E-state index in [1.54, 1.807) is 36.8 Å². The van der Waals surface area contributed by atoms with Crippen LogP contribution in [0.15, 0.2) is 60.3 Å². The maximum atomic E-state index is 12.6. The Kier molecular flexibility index (Phi) is 18.2. The molecule has 4 N–H and O–H groups in total. The van der Waals surface area contributed by atoms with Gasteiger partial charge in [0.05, 0.1) is 17.8 Å². The van der Waals surface area contributed by atoms with Crippen LogP contribution in [-0.2, 0) is 14.4 Å². The molecule has 0 aliphatic heterocycles. The lowest BCUT2D eigenvalue weighted by atomic mass is 9.82. The summed E-state index contributed by atoms with van der Waals surface area (Å²) in [7, 11) is 1.92. The van der Waals surface area contributed by atoms with E-state index in [4.69, 9.17) is 5.21 Å². The lowest BCUT2D eigenvalue weighted by molar-refractivity contribution is -0.130. The number of carbonyl (C=O) groups is 3. The zero-order valence-electron chi connectivity index (χ0n) is 24.3. The minimum Gasteiger partial charge on any atom is -0.395 e. The molecule has 218 valence electrons. The molecule has 0 radical (unpaired) electrons. The van der Waals surface area contributed by atoms with E-state index in [9.17, 15) is 19.5 Å². The summed E-state index contributed by atoms with van der Waals surface area (Å²) in [6.45, 7) is 9.08. The summed E-state index contributed by atoms with van der Waals surface area (Å²) in [5.41, 5.74) is 3.74. The number of para-hydroxylation sites is 1. The van der Waals surface area contributed by atoms with Crippen molar-refractivity contribution in [1.29, 1.82) is 0 Å². The van der Waals surface area contributed by atoms with Crippen molar-refractivity contribution in [2.45, 2.75) is 47.0 Å². The van der Waals surface area contributed by atoms with Gasteiger partial charge in [-0.1, -0.05) is 57.2 Å². The minimum atomic E-state index is -0.308. The summed E-state index contributed by atoms with van der Waals surface area (Å²) in [6.07, 6.45) is 16.8. The summed E-state index contributed by atoms with van der Waals surface area (Å²) in [6, 6.07) is 9.36. The monoisotopic (exact) mass is 552 g/mol. The SMILES string of the molecule is C#C.C/C=C(C=O)\C=C/CC(=O)N(CCO)c1cccc2cccnc12.CNCC(C)(C)CC(C)CC(=O)NO. The van der Waals surface area contributed by atoms with Gasteiger partial charge in [-0.3, -0.25) is 24.6 Å². The molecule has 0 fully saturated rings. The summed E-state index contributed by atoms with van der Waals surface area (Å²) < 4.78 is 0. The molecular formula is C31H44N4O5. The Hall–Kier alpha value is -3.84. The number of anilines is 1. The second-order valence-corrected chi connectivity index (χ2v) is 9.88. The van der Waals surface area contributed by atoms with Gasteiger partial charge in [0, 0.05) is 36.5 Å². The molecule has 1 heterocycles. The van der Waals surface area contributed by atoms with Gasteiger partial charge in [-0.2, -0.15) is 0 Å². The van der Waals surface area contributed by atoms with Gasteiger partial charge in [0.2, 0.25) is 11.8 Å². The Morgan fingerprint density at radius 3 is 2.45 bits per heavy atom. The highest BCUT2D eigenvalue weighted by atomic mass is 16.5. The molecule has 1 aromatic heterocycles. The van der Waals surface area contributed by atoms with Gasteiger partial charge in [0.25, 0.3) is 0 Å². The Morgan fingerprint density at radius 2 is 1.88 bits per heavy atom. The first-order valence-corrected chi connectivity index (χ1v) is 13.1. The largest absolute Gasteiger partial charge is 0.395 e. The van der Waals surface area contributed by atoms with Crippen LogP contribution in [0, 0.1) is 24.2 Å². The van der Waals surface area contributed by atoms with Crippen LogP contribution in [0.1, 0.15) is 47.0 Å². The topological polar surface area (TPSA) is 132 Å². The van der Waals surface area contributed by atoms with E-state index in [1.807, 2.05) is 44.3 Å². The zero-order chi connectivity index (χ0) is 30.6. The number of hydrogen-bond donors (Lipinski definition) is 4. The number of hydroxylamine groups is 1. The van der Waals surface area contributed by atoms with Gasteiger partial charge in [0.15, 0.2) is 0 Å². The van der Waals surface area contributed by atoms with Crippen LogP contribution in [0.4, 0.5) is 5.69 Å². The van der Waals surface area contributed by atoms with Crippen molar-refractivity contribution in [2.24, 2.45) is 11.3 Å². The number of pyridine rings is 1. The second kappa shape index (κ2) is 20.1. The molecule has 1 aromatic carbocycles. The van der Waals surface area contributed by atoms with Crippen LogP contribution < -0.4 is 15.7 Å². The third-order valence-corrected chi connectivity index (χ3v) is 5.81. The fourth-order valence-corrected chi connectivity index (χ4v) is 4.32. The molecule has 2 amide bonds. The van der Waals surface area contributed by atoms with Crippen molar-refractivity contribution in [3.05, 3.63) is 60.3 Å². The van der Waals surface area contributed by atoms with Crippen LogP contribution in [0.3, 0.4) is 0 Å². The van der Waals surface area contributed by atoms with Gasteiger partial charge in [-0.15, -0.1) is 12.8 Å². The molecule has 9 nitrogen and oxygen atoms in total. The standard InChI is InChI=1S/C19H20N2O3.C10H22N2O2.C2H2/c1-2-15(14-23)6-3-10-18(24)21(12-13-22)17-9-4-7-16-8-5-11-20-19(16)17;1-8(5-9(13)12-14)6-10(2,3)7-11-4;1-2/h2-9,11,14,22H,10,12-13H2,1H3;8,11,14H,5-7H2,1-4H3,(H,12,13);1-2H/b6-3-,15-2+;;. The summed E-state index contributed by atoms with van der Waals surface area (Å²) in [5, 5.41) is 21.8. The molecule has 40 heavy (non-hydrogen) atoms. The van der Waals surface area contributed by atoms with Crippen LogP contribution in [0.25, 0.3) is 10.9 Å². The number of fused-ring (bicyclic) bond motifs is 1. The highest BCUT2D eigenvalue weighted by Crippen LogP contribution is 2.26. The maximum absolute atomic E-state index is 12.6. The summed E-state index contributed by atoms with van der Waals surface area (Å²) in [5.74, 6) is -0.192. The van der Waals surface area contributed by atoms with Crippen LogP contribution >= 0.6 is 0 Å². The first-order valence-electron chi connectivity index (χ1n) is 13.1.